The molecule has 0 fully saturated rings. The van der Waals surface area contributed by atoms with E-state index in [1.807, 2.05) is 36.4 Å². The lowest BCUT2D eigenvalue weighted by Crippen LogP contribution is -2.39. The quantitative estimate of drug-likeness (QED) is 0.787. The number of anilines is 1. The molecule has 1 aliphatic heterocycles. The maximum atomic E-state index is 6.32. The number of rotatable bonds is 2. The normalized spacial score (nSPS) is 21.8. The summed E-state index contributed by atoms with van der Waals surface area (Å²) in [7, 11) is 0. The van der Waals surface area contributed by atoms with Gasteiger partial charge in [-0.05, 0) is 36.1 Å². The molecule has 1 aliphatic rings. The number of halogens is 1. The zero-order valence-corrected chi connectivity index (χ0v) is 15.3. The third-order valence-corrected chi connectivity index (χ3v) is 4.29. The number of hydrogen-bond acceptors (Lipinski definition) is 2. The van der Waals surface area contributed by atoms with Crippen molar-refractivity contribution >= 4 is 23.3 Å². The van der Waals surface area contributed by atoms with Gasteiger partial charge in [0.15, 0.2) is 5.60 Å². The van der Waals surface area contributed by atoms with Gasteiger partial charge in [-0.1, -0.05) is 62.7 Å². The molecule has 1 unspecified atom stereocenters. The second-order valence-electron chi connectivity index (χ2n) is 7.50. The highest BCUT2D eigenvalue weighted by molar-refractivity contribution is 6.30. The summed E-state index contributed by atoms with van der Waals surface area (Å²) in [5.41, 5.74) is 2.52. The molecular formula is C20H23ClN2O. The maximum Gasteiger partial charge on any atom is 0.290 e. The van der Waals surface area contributed by atoms with Gasteiger partial charge in [-0.25, -0.2) is 4.99 Å². The standard InChI is InChI=1S/C20H23ClN2O/c1-19(2,3)13-22-18-23-17-11-10-15(21)12-16(17)20(4,24-18)14-8-6-5-7-9-14/h5-12H,13H2,1-4H3,(H,22,23). The summed E-state index contributed by atoms with van der Waals surface area (Å²) in [6, 6.07) is 16.5. The van der Waals surface area contributed by atoms with Crippen molar-refractivity contribution in [3.8, 4) is 0 Å². The molecule has 0 saturated heterocycles. The number of nitrogens with zero attached hydrogens (tertiary/aromatic N) is 1. The van der Waals surface area contributed by atoms with E-state index in [1.165, 1.54) is 0 Å². The molecule has 1 heterocycles. The Labute approximate surface area is 148 Å². The molecule has 4 heteroatoms. The van der Waals surface area contributed by atoms with Crippen molar-refractivity contribution in [1.82, 2.24) is 0 Å². The monoisotopic (exact) mass is 342 g/mol. The predicted molar refractivity (Wildman–Crippen MR) is 101 cm³/mol. The highest BCUT2D eigenvalue weighted by Gasteiger charge is 2.38. The van der Waals surface area contributed by atoms with Crippen molar-refractivity contribution in [2.75, 3.05) is 11.9 Å². The SMILES string of the molecule is CC(C)(C)CN=C1Nc2ccc(Cl)cc2C(C)(c2ccccc2)O1. The first-order valence-electron chi connectivity index (χ1n) is 8.14. The molecule has 126 valence electrons. The summed E-state index contributed by atoms with van der Waals surface area (Å²) in [6.45, 7) is 9.21. The van der Waals surface area contributed by atoms with Gasteiger partial charge in [0.1, 0.15) is 0 Å². The smallest absolute Gasteiger partial charge is 0.290 e. The third kappa shape index (κ3) is 3.41. The molecule has 0 aliphatic carbocycles. The van der Waals surface area contributed by atoms with Crippen LogP contribution in [0.3, 0.4) is 0 Å². The predicted octanol–water partition coefficient (Wildman–Crippen LogP) is 5.45. The van der Waals surface area contributed by atoms with Gasteiger partial charge in [-0.3, -0.25) is 0 Å². The van der Waals surface area contributed by atoms with Crippen LogP contribution in [-0.4, -0.2) is 12.6 Å². The highest BCUT2D eigenvalue weighted by Crippen LogP contribution is 2.42. The summed E-state index contributed by atoms with van der Waals surface area (Å²) in [5, 5.41) is 3.98. The lowest BCUT2D eigenvalue weighted by Gasteiger charge is -2.38. The second-order valence-corrected chi connectivity index (χ2v) is 7.93. The largest absolute Gasteiger partial charge is 0.449 e. The molecule has 0 amide bonds. The van der Waals surface area contributed by atoms with Crippen molar-refractivity contribution in [2.45, 2.75) is 33.3 Å². The third-order valence-electron chi connectivity index (χ3n) is 4.06. The van der Waals surface area contributed by atoms with Gasteiger partial charge in [-0.2, -0.15) is 0 Å². The molecule has 0 saturated carbocycles. The van der Waals surface area contributed by atoms with Crippen LogP contribution < -0.4 is 5.32 Å². The van der Waals surface area contributed by atoms with Crippen molar-refractivity contribution in [1.29, 1.82) is 0 Å². The van der Waals surface area contributed by atoms with Crippen LogP contribution in [0.2, 0.25) is 5.02 Å². The van der Waals surface area contributed by atoms with Crippen LogP contribution in [0.5, 0.6) is 0 Å². The lowest BCUT2D eigenvalue weighted by atomic mass is 9.86. The van der Waals surface area contributed by atoms with E-state index in [2.05, 4.69) is 50.1 Å². The second kappa shape index (κ2) is 6.14. The molecule has 2 aromatic carbocycles. The molecule has 3 rings (SSSR count). The Morgan fingerprint density at radius 1 is 1.12 bits per heavy atom. The van der Waals surface area contributed by atoms with E-state index in [9.17, 15) is 0 Å². The lowest BCUT2D eigenvalue weighted by molar-refractivity contribution is 0.112. The fourth-order valence-corrected chi connectivity index (χ4v) is 2.93. The van der Waals surface area contributed by atoms with Gasteiger partial charge in [0.2, 0.25) is 0 Å². The fraction of sp³-hybridized carbons (Fsp3) is 0.350. The Kier molecular flexibility index (Phi) is 4.31. The van der Waals surface area contributed by atoms with Gasteiger partial charge < -0.3 is 10.1 Å². The Morgan fingerprint density at radius 2 is 1.83 bits per heavy atom. The van der Waals surface area contributed by atoms with E-state index in [0.717, 1.165) is 16.8 Å². The summed E-state index contributed by atoms with van der Waals surface area (Å²) < 4.78 is 6.32. The average Bonchev–Trinajstić information content (AvgIpc) is 2.54. The van der Waals surface area contributed by atoms with Crippen molar-refractivity contribution in [3.63, 3.8) is 0 Å². The number of amidine groups is 1. The van der Waals surface area contributed by atoms with Crippen molar-refractivity contribution in [2.24, 2.45) is 10.4 Å². The van der Waals surface area contributed by atoms with Crippen LogP contribution in [-0.2, 0) is 10.3 Å². The number of benzene rings is 2. The summed E-state index contributed by atoms with van der Waals surface area (Å²) in [5.74, 6) is 0. The minimum absolute atomic E-state index is 0.0987. The van der Waals surface area contributed by atoms with Gasteiger partial charge in [0, 0.05) is 22.8 Å². The maximum absolute atomic E-state index is 6.32. The molecule has 1 N–H and O–H groups in total. The molecule has 24 heavy (non-hydrogen) atoms. The van der Waals surface area contributed by atoms with E-state index < -0.39 is 5.60 Å². The van der Waals surface area contributed by atoms with E-state index >= 15 is 0 Å². The van der Waals surface area contributed by atoms with E-state index in [1.54, 1.807) is 0 Å². The molecule has 0 spiro atoms. The molecular weight excluding hydrogens is 320 g/mol. The Morgan fingerprint density at radius 3 is 2.50 bits per heavy atom. The zero-order chi connectivity index (χ0) is 17.4. The molecule has 3 nitrogen and oxygen atoms in total. The number of nitrogens with one attached hydrogen (secondary N) is 1. The van der Waals surface area contributed by atoms with Gasteiger partial charge in [0.25, 0.3) is 6.02 Å². The summed E-state index contributed by atoms with van der Waals surface area (Å²) in [6.07, 6.45) is 0. The summed E-state index contributed by atoms with van der Waals surface area (Å²) >= 11 is 6.24. The van der Waals surface area contributed by atoms with E-state index in [4.69, 9.17) is 16.3 Å². The van der Waals surface area contributed by atoms with E-state index in [-0.39, 0.29) is 5.41 Å². The van der Waals surface area contributed by atoms with Crippen molar-refractivity contribution in [3.05, 3.63) is 64.7 Å². The topological polar surface area (TPSA) is 33.6 Å². The molecule has 2 aromatic rings. The minimum atomic E-state index is -0.635. The Balaban J connectivity index is 2.08. The molecule has 0 radical (unpaired) electrons. The Hall–Kier alpha value is -2.00. The number of hydrogen-bond donors (Lipinski definition) is 1. The highest BCUT2D eigenvalue weighted by atomic mass is 35.5. The molecule has 0 aromatic heterocycles. The first-order chi connectivity index (χ1) is 11.3. The van der Waals surface area contributed by atoms with Crippen molar-refractivity contribution < 1.29 is 4.74 Å². The van der Waals surface area contributed by atoms with Crippen LogP contribution in [0.15, 0.2) is 53.5 Å². The number of aliphatic imine (C=N–C) groups is 1. The first-order valence-corrected chi connectivity index (χ1v) is 8.52. The van der Waals surface area contributed by atoms with Gasteiger partial charge >= 0.3 is 0 Å². The van der Waals surface area contributed by atoms with E-state index in [0.29, 0.717) is 17.6 Å². The molecule has 0 bridgehead atoms. The first kappa shape index (κ1) is 16.8. The van der Waals surface area contributed by atoms with Gasteiger partial charge in [-0.15, -0.1) is 0 Å². The fourth-order valence-electron chi connectivity index (χ4n) is 2.76. The number of ether oxygens (including phenoxy) is 1. The van der Waals surface area contributed by atoms with Crippen LogP contribution in [0.1, 0.15) is 38.8 Å². The van der Waals surface area contributed by atoms with Gasteiger partial charge in [0.05, 0.1) is 0 Å². The Bertz CT molecular complexity index is 765. The molecule has 1 atom stereocenters. The van der Waals surface area contributed by atoms with Crippen LogP contribution in [0.4, 0.5) is 5.69 Å². The summed E-state index contributed by atoms with van der Waals surface area (Å²) in [4.78, 5) is 4.65. The van der Waals surface area contributed by atoms with Crippen LogP contribution in [0, 0.1) is 5.41 Å². The zero-order valence-electron chi connectivity index (χ0n) is 14.6. The van der Waals surface area contributed by atoms with Crippen LogP contribution in [0.25, 0.3) is 0 Å². The van der Waals surface area contributed by atoms with Crippen LogP contribution >= 0.6 is 11.6 Å². The minimum Gasteiger partial charge on any atom is -0.449 e. The average molecular weight is 343 g/mol. The number of fused-ring (bicyclic) bond motifs is 1.